The minimum absolute atomic E-state index is 0.0904. The monoisotopic (exact) mass is 350 g/mol. The summed E-state index contributed by atoms with van der Waals surface area (Å²) < 4.78 is -0.199. The lowest BCUT2D eigenvalue weighted by Crippen LogP contribution is -2.49. The molecule has 2 aliphatic rings. The molecule has 1 N–H and O–H groups in total. The first-order chi connectivity index (χ1) is 11.2. The van der Waals surface area contributed by atoms with Gasteiger partial charge in [-0.15, -0.1) is 23.5 Å². The van der Waals surface area contributed by atoms with Gasteiger partial charge >= 0.3 is 0 Å². The lowest BCUT2D eigenvalue weighted by atomic mass is 9.83. The molecule has 2 fully saturated rings. The van der Waals surface area contributed by atoms with E-state index in [0.29, 0.717) is 12.0 Å². The number of amides is 1. The highest BCUT2D eigenvalue weighted by atomic mass is 32.2. The maximum Gasteiger partial charge on any atom is 0.270 e. The molecule has 1 amide bonds. The Bertz CT molecular complexity index is 527. The molecule has 1 atom stereocenters. The molecule has 1 aliphatic carbocycles. The van der Waals surface area contributed by atoms with Crippen molar-refractivity contribution in [1.82, 2.24) is 10.4 Å². The SMILES string of the molecule is CSC1(SC)C[C@H](C2CCCCC2)NN1C(=O)c1ccccc1. The lowest BCUT2D eigenvalue weighted by Gasteiger charge is -2.34. The van der Waals surface area contributed by atoms with Gasteiger partial charge in [-0.1, -0.05) is 37.5 Å². The number of carbonyl (C=O) groups is 1. The summed E-state index contributed by atoms with van der Waals surface area (Å²) in [6.07, 6.45) is 11.9. The lowest BCUT2D eigenvalue weighted by molar-refractivity contribution is 0.0661. The normalized spacial score (nSPS) is 24.8. The van der Waals surface area contributed by atoms with E-state index in [1.54, 1.807) is 23.5 Å². The molecule has 23 heavy (non-hydrogen) atoms. The number of rotatable bonds is 4. The van der Waals surface area contributed by atoms with E-state index in [2.05, 4.69) is 17.9 Å². The van der Waals surface area contributed by atoms with Crippen LogP contribution in [0, 0.1) is 5.92 Å². The van der Waals surface area contributed by atoms with Crippen LogP contribution in [0.1, 0.15) is 48.9 Å². The Morgan fingerprint density at radius 2 is 1.78 bits per heavy atom. The Morgan fingerprint density at radius 1 is 1.13 bits per heavy atom. The topological polar surface area (TPSA) is 32.3 Å². The van der Waals surface area contributed by atoms with Gasteiger partial charge in [-0.25, -0.2) is 10.4 Å². The molecule has 0 spiro atoms. The number of carbonyl (C=O) groups excluding carboxylic acids is 1. The quantitative estimate of drug-likeness (QED) is 0.818. The van der Waals surface area contributed by atoms with E-state index in [-0.39, 0.29) is 10.1 Å². The molecule has 1 saturated carbocycles. The highest BCUT2D eigenvalue weighted by Gasteiger charge is 2.49. The highest BCUT2D eigenvalue weighted by molar-refractivity contribution is 8.17. The summed E-state index contributed by atoms with van der Waals surface area (Å²) in [4.78, 5) is 13.0. The number of hydrogen-bond acceptors (Lipinski definition) is 4. The molecule has 1 saturated heterocycles. The Hall–Kier alpha value is -0.650. The van der Waals surface area contributed by atoms with E-state index in [1.165, 1.54) is 32.1 Å². The Balaban J connectivity index is 1.83. The van der Waals surface area contributed by atoms with E-state index in [0.717, 1.165) is 12.0 Å². The first-order valence-corrected chi connectivity index (χ1v) is 10.9. The first kappa shape index (κ1) is 17.2. The fraction of sp³-hybridized carbons (Fsp3) is 0.611. The zero-order valence-electron chi connectivity index (χ0n) is 14.0. The highest BCUT2D eigenvalue weighted by Crippen LogP contribution is 2.47. The van der Waals surface area contributed by atoms with Crippen LogP contribution in [-0.4, -0.2) is 33.7 Å². The predicted molar refractivity (Wildman–Crippen MR) is 100 cm³/mol. The molecule has 1 heterocycles. The van der Waals surface area contributed by atoms with Crippen LogP contribution in [0.5, 0.6) is 0 Å². The summed E-state index contributed by atoms with van der Waals surface area (Å²) >= 11 is 3.57. The minimum Gasteiger partial charge on any atom is -0.268 e. The molecule has 0 aromatic heterocycles. The summed E-state index contributed by atoms with van der Waals surface area (Å²) in [5.41, 5.74) is 4.35. The van der Waals surface area contributed by atoms with Crippen molar-refractivity contribution in [3.05, 3.63) is 35.9 Å². The molecule has 1 aromatic rings. The maximum absolute atomic E-state index is 13.0. The van der Waals surface area contributed by atoms with Gasteiger partial charge in [0.25, 0.3) is 5.91 Å². The molecular formula is C18H26N2OS2. The van der Waals surface area contributed by atoms with E-state index in [9.17, 15) is 4.79 Å². The second kappa shape index (κ2) is 7.49. The average Bonchev–Trinajstić information content (AvgIpc) is 3.03. The minimum atomic E-state index is -0.199. The van der Waals surface area contributed by atoms with Crippen LogP contribution in [0.3, 0.4) is 0 Å². The number of hydrogen-bond donors (Lipinski definition) is 1. The third kappa shape index (κ3) is 3.42. The number of thioether (sulfide) groups is 2. The van der Waals surface area contributed by atoms with Crippen molar-refractivity contribution in [2.75, 3.05) is 12.5 Å². The third-order valence-electron chi connectivity index (χ3n) is 5.19. The van der Waals surface area contributed by atoms with Crippen molar-refractivity contribution in [3.8, 4) is 0 Å². The molecule has 126 valence electrons. The largest absolute Gasteiger partial charge is 0.270 e. The zero-order valence-corrected chi connectivity index (χ0v) is 15.6. The standard InChI is InChI=1S/C18H26N2OS2/c1-22-18(23-2)13-16(14-9-5-3-6-10-14)19-20(18)17(21)15-11-7-4-8-12-15/h4,7-8,11-12,14,16,19H,3,5-6,9-10,13H2,1-2H3/t16-/m1/s1. The van der Waals surface area contributed by atoms with Gasteiger partial charge in [-0.05, 0) is 43.4 Å². The molecule has 0 bridgehead atoms. The number of hydrazine groups is 1. The van der Waals surface area contributed by atoms with Crippen molar-refractivity contribution >= 4 is 29.4 Å². The molecule has 5 heteroatoms. The van der Waals surface area contributed by atoms with Gasteiger partial charge in [0.2, 0.25) is 0 Å². The van der Waals surface area contributed by atoms with E-state index in [4.69, 9.17) is 0 Å². The van der Waals surface area contributed by atoms with Crippen molar-refractivity contribution < 1.29 is 4.79 Å². The molecule has 1 aliphatic heterocycles. The summed E-state index contributed by atoms with van der Waals surface area (Å²) in [5.74, 6) is 0.795. The predicted octanol–water partition coefficient (Wildman–Crippen LogP) is 4.37. The molecule has 3 nitrogen and oxygen atoms in total. The van der Waals surface area contributed by atoms with Crippen molar-refractivity contribution in [2.24, 2.45) is 5.92 Å². The van der Waals surface area contributed by atoms with Gasteiger partial charge < -0.3 is 0 Å². The van der Waals surface area contributed by atoms with Gasteiger partial charge in [0.05, 0.1) is 0 Å². The van der Waals surface area contributed by atoms with Gasteiger partial charge in [0, 0.05) is 18.0 Å². The summed E-state index contributed by atoms with van der Waals surface area (Å²) in [6.45, 7) is 0. The van der Waals surface area contributed by atoms with Crippen LogP contribution in [0.25, 0.3) is 0 Å². The summed E-state index contributed by atoms with van der Waals surface area (Å²) in [5, 5.41) is 1.91. The first-order valence-electron chi connectivity index (χ1n) is 8.46. The molecule has 3 rings (SSSR count). The Kier molecular flexibility index (Phi) is 5.60. The molecule has 0 radical (unpaired) electrons. The zero-order chi connectivity index (χ0) is 16.3. The van der Waals surface area contributed by atoms with Gasteiger partial charge in [0.15, 0.2) is 4.20 Å². The van der Waals surface area contributed by atoms with Crippen molar-refractivity contribution in [3.63, 3.8) is 0 Å². The second-order valence-corrected chi connectivity index (χ2v) is 8.89. The molecule has 1 aromatic carbocycles. The van der Waals surface area contributed by atoms with Crippen molar-refractivity contribution in [1.29, 1.82) is 0 Å². The number of benzene rings is 1. The van der Waals surface area contributed by atoms with Crippen LogP contribution in [-0.2, 0) is 0 Å². The van der Waals surface area contributed by atoms with E-state index >= 15 is 0 Å². The summed E-state index contributed by atoms with van der Waals surface area (Å²) in [6, 6.07) is 10.0. The smallest absolute Gasteiger partial charge is 0.268 e. The third-order valence-corrected chi connectivity index (χ3v) is 8.17. The molecule has 0 unspecified atom stereocenters. The average molecular weight is 351 g/mol. The Morgan fingerprint density at radius 3 is 2.39 bits per heavy atom. The summed E-state index contributed by atoms with van der Waals surface area (Å²) in [7, 11) is 0. The van der Waals surface area contributed by atoms with E-state index < -0.39 is 0 Å². The van der Waals surface area contributed by atoms with Crippen LogP contribution in [0.15, 0.2) is 30.3 Å². The van der Waals surface area contributed by atoms with Gasteiger partial charge in [-0.2, -0.15) is 0 Å². The van der Waals surface area contributed by atoms with Gasteiger partial charge in [-0.3, -0.25) is 4.79 Å². The van der Waals surface area contributed by atoms with Crippen LogP contribution in [0.4, 0.5) is 0 Å². The number of nitrogens with zero attached hydrogens (tertiary/aromatic N) is 1. The van der Waals surface area contributed by atoms with E-state index in [1.807, 2.05) is 35.3 Å². The molecular weight excluding hydrogens is 324 g/mol. The van der Waals surface area contributed by atoms with Crippen molar-refractivity contribution in [2.45, 2.75) is 48.8 Å². The van der Waals surface area contributed by atoms with Crippen LogP contribution >= 0.6 is 23.5 Å². The second-order valence-electron chi connectivity index (χ2n) is 6.47. The fourth-order valence-electron chi connectivity index (χ4n) is 3.84. The van der Waals surface area contributed by atoms with Crippen LogP contribution < -0.4 is 5.43 Å². The van der Waals surface area contributed by atoms with Gasteiger partial charge in [0.1, 0.15) is 0 Å². The fourth-order valence-corrected chi connectivity index (χ4v) is 5.84. The van der Waals surface area contributed by atoms with Crippen LogP contribution in [0.2, 0.25) is 0 Å². The number of nitrogens with one attached hydrogen (secondary N) is 1. The maximum atomic E-state index is 13.0. The Labute approximate surface area is 147 Å².